The molecule has 1 aromatic heterocycles. The van der Waals surface area contributed by atoms with Gasteiger partial charge in [0.2, 0.25) is 0 Å². The highest BCUT2D eigenvalue weighted by Gasteiger charge is 2.23. The van der Waals surface area contributed by atoms with Gasteiger partial charge < -0.3 is 5.32 Å². The Morgan fingerprint density at radius 3 is 2.76 bits per heavy atom. The third-order valence-corrected chi connectivity index (χ3v) is 4.27. The van der Waals surface area contributed by atoms with Crippen molar-refractivity contribution in [3.8, 4) is 0 Å². The molecule has 2 rings (SSSR count). The number of hydrogen-bond acceptors (Lipinski definition) is 3. The number of aryl methyl sites for hydroxylation is 1. The third kappa shape index (κ3) is 3.80. The number of carbonyl (C=O) groups excluding carboxylic acids is 1. The zero-order valence-corrected chi connectivity index (χ0v) is 11.8. The highest BCUT2D eigenvalue weighted by molar-refractivity contribution is 7.14. The largest absolute Gasteiger partial charge is 0.317 e. The molecule has 1 N–H and O–H groups in total. The first-order valence-corrected chi connectivity index (χ1v) is 6.96. The molecule has 1 aliphatic rings. The number of thiophene rings is 1. The number of ketones is 1. The molecule has 0 spiro atoms. The van der Waals surface area contributed by atoms with E-state index in [9.17, 15) is 4.79 Å². The number of rotatable bonds is 4. The number of halogens is 1. The second kappa shape index (κ2) is 7.14. The van der Waals surface area contributed by atoms with E-state index in [4.69, 9.17) is 0 Å². The zero-order chi connectivity index (χ0) is 11.4. The molecule has 96 valence electrons. The van der Waals surface area contributed by atoms with Crippen molar-refractivity contribution in [1.29, 1.82) is 0 Å². The van der Waals surface area contributed by atoms with Gasteiger partial charge in [-0.15, -0.1) is 23.7 Å². The van der Waals surface area contributed by atoms with Gasteiger partial charge in [0, 0.05) is 10.8 Å². The molecule has 1 aromatic rings. The van der Waals surface area contributed by atoms with Crippen LogP contribution in [0, 0.1) is 5.92 Å². The first-order valence-electron chi connectivity index (χ1n) is 6.15. The quantitative estimate of drug-likeness (QED) is 0.853. The lowest BCUT2D eigenvalue weighted by molar-refractivity contribution is 0.0899. The highest BCUT2D eigenvalue weighted by Crippen LogP contribution is 2.24. The summed E-state index contributed by atoms with van der Waals surface area (Å²) in [4.78, 5) is 14.5. The van der Waals surface area contributed by atoms with Crippen LogP contribution in [0.2, 0.25) is 0 Å². The number of carbonyl (C=O) groups is 1. The fourth-order valence-electron chi connectivity index (χ4n) is 2.18. The lowest BCUT2D eigenvalue weighted by atomic mass is 9.93. The lowest BCUT2D eigenvalue weighted by Gasteiger charge is -2.20. The lowest BCUT2D eigenvalue weighted by Crippen LogP contribution is -2.31. The summed E-state index contributed by atoms with van der Waals surface area (Å²) < 4.78 is 0. The van der Waals surface area contributed by atoms with Gasteiger partial charge in [0.05, 0.1) is 4.88 Å². The molecule has 0 unspecified atom stereocenters. The molecule has 17 heavy (non-hydrogen) atoms. The molecule has 0 aromatic carbocycles. The summed E-state index contributed by atoms with van der Waals surface area (Å²) in [7, 11) is 0. The van der Waals surface area contributed by atoms with E-state index in [0.717, 1.165) is 43.6 Å². The van der Waals surface area contributed by atoms with Crippen LogP contribution >= 0.6 is 23.7 Å². The number of nitrogens with one attached hydrogen (secondary N) is 1. The van der Waals surface area contributed by atoms with Gasteiger partial charge in [0.15, 0.2) is 5.78 Å². The molecule has 0 atom stereocenters. The number of Topliss-reactive ketones (excluding diaryl/α,β-unsaturated/α-hetero) is 1. The van der Waals surface area contributed by atoms with Gasteiger partial charge in [-0.2, -0.15) is 0 Å². The minimum absolute atomic E-state index is 0. The standard InChI is InChI=1S/C13H19NOS.ClH/c1-2-3-11-4-5-12(16-11)13(15)10-6-8-14-9-7-10;/h4-5,10,14H,2-3,6-9H2,1H3;1H. The maximum atomic E-state index is 12.2. The molecule has 0 saturated carbocycles. The van der Waals surface area contributed by atoms with E-state index >= 15 is 0 Å². The van der Waals surface area contributed by atoms with Gasteiger partial charge in [-0.1, -0.05) is 13.3 Å². The molecule has 0 bridgehead atoms. The predicted molar refractivity (Wildman–Crippen MR) is 75.5 cm³/mol. The van der Waals surface area contributed by atoms with Crippen molar-refractivity contribution in [2.24, 2.45) is 5.92 Å². The highest BCUT2D eigenvalue weighted by atomic mass is 35.5. The van der Waals surface area contributed by atoms with Gasteiger partial charge >= 0.3 is 0 Å². The fraction of sp³-hybridized carbons (Fsp3) is 0.615. The molecule has 1 aliphatic heterocycles. The van der Waals surface area contributed by atoms with E-state index in [0.29, 0.717) is 5.78 Å². The first kappa shape index (κ1) is 14.7. The third-order valence-electron chi connectivity index (χ3n) is 3.11. The van der Waals surface area contributed by atoms with Crippen LogP contribution in [0.3, 0.4) is 0 Å². The Morgan fingerprint density at radius 1 is 1.41 bits per heavy atom. The van der Waals surface area contributed by atoms with Crippen molar-refractivity contribution in [3.63, 3.8) is 0 Å². The molecule has 0 aliphatic carbocycles. The molecule has 2 heterocycles. The van der Waals surface area contributed by atoms with E-state index in [1.165, 1.54) is 4.88 Å². The van der Waals surface area contributed by atoms with Crippen LogP contribution in [0.15, 0.2) is 12.1 Å². The molecular weight excluding hydrogens is 254 g/mol. The Morgan fingerprint density at radius 2 is 2.12 bits per heavy atom. The van der Waals surface area contributed by atoms with Crippen LogP contribution < -0.4 is 5.32 Å². The maximum absolute atomic E-state index is 12.2. The summed E-state index contributed by atoms with van der Waals surface area (Å²) in [6.07, 6.45) is 4.26. The van der Waals surface area contributed by atoms with Gasteiger partial charge in [0.1, 0.15) is 0 Å². The summed E-state index contributed by atoms with van der Waals surface area (Å²) in [5, 5.41) is 3.30. The molecule has 2 nitrogen and oxygen atoms in total. The summed E-state index contributed by atoms with van der Waals surface area (Å²) >= 11 is 1.69. The first-order chi connectivity index (χ1) is 7.81. The topological polar surface area (TPSA) is 29.1 Å². The SMILES string of the molecule is CCCc1ccc(C(=O)C2CCNCC2)s1.Cl. The molecule has 1 saturated heterocycles. The Kier molecular flexibility index (Phi) is 6.17. The van der Waals surface area contributed by atoms with Gasteiger partial charge in [-0.05, 0) is 44.5 Å². The van der Waals surface area contributed by atoms with E-state index in [2.05, 4.69) is 18.3 Å². The molecule has 0 radical (unpaired) electrons. The van der Waals surface area contributed by atoms with E-state index in [-0.39, 0.29) is 18.3 Å². The average Bonchev–Trinajstić information content (AvgIpc) is 2.78. The molecule has 0 amide bonds. The van der Waals surface area contributed by atoms with Crippen LogP contribution in [0.25, 0.3) is 0 Å². The zero-order valence-electron chi connectivity index (χ0n) is 10.2. The Labute approximate surface area is 113 Å². The van der Waals surface area contributed by atoms with Crippen molar-refractivity contribution in [3.05, 3.63) is 21.9 Å². The van der Waals surface area contributed by atoms with E-state index < -0.39 is 0 Å². The minimum atomic E-state index is 0. The number of piperidine rings is 1. The monoisotopic (exact) mass is 273 g/mol. The Bertz CT molecular complexity index is 358. The van der Waals surface area contributed by atoms with Crippen molar-refractivity contribution in [2.45, 2.75) is 32.6 Å². The van der Waals surface area contributed by atoms with Gasteiger partial charge in [-0.25, -0.2) is 0 Å². The van der Waals surface area contributed by atoms with E-state index in [1.54, 1.807) is 11.3 Å². The summed E-state index contributed by atoms with van der Waals surface area (Å²) in [5.41, 5.74) is 0. The molecule has 1 fully saturated rings. The van der Waals surface area contributed by atoms with Crippen molar-refractivity contribution in [2.75, 3.05) is 13.1 Å². The normalized spacial score (nSPS) is 16.5. The minimum Gasteiger partial charge on any atom is -0.317 e. The second-order valence-electron chi connectivity index (χ2n) is 4.40. The van der Waals surface area contributed by atoms with Crippen molar-refractivity contribution in [1.82, 2.24) is 5.32 Å². The van der Waals surface area contributed by atoms with Crippen molar-refractivity contribution >= 4 is 29.5 Å². The van der Waals surface area contributed by atoms with Gasteiger partial charge in [0.25, 0.3) is 0 Å². The number of hydrogen-bond donors (Lipinski definition) is 1. The summed E-state index contributed by atoms with van der Waals surface area (Å²) in [6.45, 7) is 4.15. The molecule has 4 heteroatoms. The van der Waals surface area contributed by atoms with Crippen LogP contribution in [0.5, 0.6) is 0 Å². The second-order valence-corrected chi connectivity index (χ2v) is 5.57. The maximum Gasteiger partial charge on any atom is 0.175 e. The molecular formula is C13H20ClNOS. The summed E-state index contributed by atoms with van der Waals surface area (Å²) in [5.74, 6) is 0.628. The van der Waals surface area contributed by atoms with Gasteiger partial charge in [-0.3, -0.25) is 4.79 Å². The van der Waals surface area contributed by atoms with Crippen LogP contribution in [-0.2, 0) is 6.42 Å². The van der Waals surface area contributed by atoms with E-state index in [1.807, 2.05) is 6.07 Å². The van der Waals surface area contributed by atoms with Crippen LogP contribution in [0.1, 0.15) is 40.7 Å². The fourth-order valence-corrected chi connectivity index (χ4v) is 3.30. The average molecular weight is 274 g/mol. The summed E-state index contributed by atoms with van der Waals surface area (Å²) in [6, 6.07) is 4.13. The smallest absolute Gasteiger partial charge is 0.175 e. The Balaban J connectivity index is 0.00000144. The van der Waals surface area contributed by atoms with Crippen LogP contribution in [-0.4, -0.2) is 18.9 Å². The Hall–Kier alpha value is -0.380. The van der Waals surface area contributed by atoms with Crippen LogP contribution in [0.4, 0.5) is 0 Å². The van der Waals surface area contributed by atoms with Crippen molar-refractivity contribution < 1.29 is 4.79 Å². The predicted octanol–water partition coefficient (Wildman–Crippen LogP) is 3.30.